The molecule has 1 aliphatic carbocycles. The van der Waals surface area contributed by atoms with Gasteiger partial charge in [0.15, 0.2) is 0 Å². The first kappa shape index (κ1) is 21.7. The molecule has 1 heterocycles. The fraction of sp³-hybridized carbons (Fsp3) is 0.259. The molecule has 1 amide bonds. The number of benzene rings is 3. The van der Waals surface area contributed by atoms with Crippen LogP contribution in [0.25, 0.3) is 0 Å². The van der Waals surface area contributed by atoms with Crippen LogP contribution in [0.1, 0.15) is 53.6 Å². The van der Waals surface area contributed by atoms with E-state index >= 15 is 0 Å². The molecule has 1 aliphatic heterocycles. The predicted octanol–water partition coefficient (Wildman–Crippen LogP) is 6.63. The summed E-state index contributed by atoms with van der Waals surface area (Å²) < 4.78 is 14.2. The SMILES string of the molecule is O=C(NCc1cccc(O)c1)c1ccc2c(c1)N=C(C1CCCCC1)c1cc(F)ccc1S2. The zero-order valence-electron chi connectivity index (χ0n) is 18.2. The second kappa shape index (κ2) is 9.40. The van der Waals surface area contributed by atoms with Gasteiger partial charge >= 0.3 is 0 Å². The second-order valence-electron chi connectivity index (χ2n) is 8.61. The molecule has 0 aromatic heterocycles. The molecular weight excluding hydrogens is 435 g/mol. The Hall–Kier alpha value is -3.12. The van der Waals surface area contributed by atoms with Gasteiger partial charge in [-0.05, 0) is 66.9 Å². The Balaban J connectivity index is 1.46. The van der Waals surface area contributed by atoms with Gasteiger partial charge < -0.3 is 10.4 Å². The van der Waals surface area contributed by atoms with Crippen molar-refractivity contribution in [1.29, 1.82) is 0 Å². The first-order chi connectivity index (χ1) is 16.1. The summed E-state index contributed by atoms with van der Waals surface area (Å²) in [6.45, 7) is 0.320. The molecule has 3 aromatic rings. The van der Waals surface area contributed by atoms with Crippen LogP contribution in [0.5, 0.6) is 5.75 Å². The average Bonchev–Trinajstić information content (AvgIpc) is 2.99. The minimum Gasteiger partial charge on any atom is -0.508 e. The highest BCUT2D eigenvalue weighted by atomic mass is 32.2. The maximum Gasteiger partial charge on any atom is 0.251 e. The number of rotatable bonds is 4. The van der Waals surface area contributed by atoms with Crippen LogP contribution in [0.4, 0.5) is 10.1 Å². The standard InChI is InChI=1S/C27H25FN2O2S/c28-20-10-12-24-22(15-20)26(18-6-2-1-3-7-18)30-23-14-19(9-11-25(23)33-24)27(32)29-16-17-5-4-8-21(31)13-17/h4-5,8-15,18,31H,1-3,6-7,16H2,(H,29,32). The minimum absolute atomic E-state index is 0.171. The third-order valence-electron chi connectivity index (χ3n) is 6.26. The molecule has 1 fully saturated rings. The molecule has 5 rings (SSSR count). The largest absolute Gasteiger partial charge is 0.508 e. The molecule has 0 bridgehead atoms. The second-order valence-corrected chi connectivity index (χ2v) is 9.69. The number of aromatic hydroxyl groups is 1. The summed E-state index contributed by atoms with van der Waals surface area (Å²) in [7, 11) is 0. The smallest absolute Gasteiger partial charge is 0.251 e. The van der Waals surface area contributed by atoms with Gasteiger partial charge in [-0.25, -0.2) is 4.39 Å². The molecule has 1 saturated carbocycles. The highest BCUT2D eigenvalue weighted by Gasteiger charge is 2.26. The Morgan fingerprint density at radius 2 is 1.85 bits per heavy atom. The van der Waals surface area contributed by atoms with E-state index in [1.165, 1.54) is 12.5 Å². The molecule has 168 valence electrons. The number of fused-ring (bicyclic) bond motifs is 2. The van der Waals surface area contributed by atoms with Gasteiger partial charge in [-0.2, -0.15) is 0 Å². The number of nitrogens with zero attached hydrogens (tertiary/aromatic N) is 1. The lowest BCUT2D eigenvalue weighted by molar-refractivity contribution is 0.0951. The first-order valence-electron chi connectivity index (χ1n) is 11.3. The Morgan fingerprint density at radius 3 is 2.67 bits per heavy atom. The van der Waals surface area contributed by atoms with Crippen LogP contribution in [0.15, 0.2) is 75.4 Å². The molecule has 2 N–H and O–H groups in total. The molecule has 0 unspecified atom stereocenters. The Labute approximate surface area is 197 Å². The van der Waals surface area contributed by atoms with Crippen molar-refractivity contribution in [3.05, 3.63) is 83.2 Å². The van der Waals surface area contributed by atoms with Crippen LogP contribution in [0.3, 0.4) is 0 Å². The van der Waals surface area contributed by atoms with Gasteiger partial charge in [0.2, 0.25) is 0 Å². The molecule has 0 spiro atoms. The number of phenolic OH excluding ortho intramolecular Hbond substituents is 1. The molecule has 0 saturated heterocycles. The summed E-state index contributed by atoms with van der Waals surface area (Å²) in [4.78, 5) is 19.8. The van der Waals surface area contributed by atoms with Gasteiger partial charge in [-0.15, -0.1) is 0 Å². The van der Waals surface area contributed by atoms with E-state index in [1.807, 2.05) is 24.3 Å². The number of carbonyl (C=O) groups is 1. The van der Waals surface area contributed by atoms with E-state index in [9.17, 15) is 14.3 Å². The van der Waals surface area contributed by atoms with Crippen LogP contribution >= 0.6 is 11.8 Å². The molecule has 3 aromatic carbocycles. The number of nitrogens with one attached hydrogen (secondary N) is 1. The van der Waals surface area contributed by atoms with Crippen LogP contribution in [0.2, 0.25) is 0 Å². The number of phenols is 1. The van der Waals surface area contributed by atoms with Crippen molar-refractivity contribution in [2.45, 2.75) is 48.4 Å². The van der Waals surface area contributed by atoms with Gasteiger partial charge in [0.1, 0.15) is 11.6 Å². The highest BCUT2D eigenvalue weighted by Crippen LogP contribution is 2.43. The Kier molecular flexibility index (Phi) is 6.18. The van der Waals surface area contributed by atoms with Crippen LogP contribution < -0.4 is 5.32 Å². The van der Waals surface area contributed by atoms with Crippen molar-refractivity contribution in [3.63, 3.8) is 0 Å². The molecular formula is C27H25FN2O2S. The number of hydrogen-bond donors (Lipinski definition) is 2. The monoisotopic (exact) mass is 460 g/mol. The summed E-state index contributed by atoms with van der Waals surface area (Å²) in [6.07, 6.45) is 5.66. The van der Waals surface area contributed by atoms with Crippen molar-refractivity contribution in [2.24, 2.45) is 10.9 Å². The van der Waals surface area contributed by atoms with E-state index in [1.54, 1.807) is 42.1 Å². The fourth-order valence-corrected chi connectivity index (χ4v) is 5.56. The van der Waals surface area contributed by atoms with Gasteiger partial charge in [-0.1, -0.05) is 43.2 Å². The predicted molar refractivity (Wildman–Crippen MR) is 129 cm³/mol. The minimum atomic E-state index is -0.254. The van der Waals surface area contributed by atoms with Crippen molar-refractivity contribution < 1.29 is 14.3 Å². The number of halogens is 1. The van der Waals surface area contributed by atoms with Crippen molar-refractivity contribution in [3.8, 4) is 5.75 Å². The summed E-state index contributed by atoms with van der Waals surface area (Å²) >= 11 is 1.57. The molecule has 0 atom stereocenters. The number of aliphatic imine (C=N–C) groups is 1. The quantitative estimate of drug-likeness (QED) is 0.459. The Bertz CT molecular complexity index is 1230. The molecule has 0 radical (unpaired) electrons. The van der Waals surface area contributed by atoms with E-state index in [2.05, 4.69) is 5.32 Å². The lowest BCUT2D eigenvalue weighted by atomic mass is 9.83. The number of amides is 1. The van der Waals surface area contributed by atoms with Gasteiger partial charge in [0.25, 0.3) is 5.91 Å². The maximum atomic E-state index is 14.2. The van der Waals surface area contributed by atoms with E-state index < -0.39 is 0 Å². The van der Waals surface area contributed by atoms with Crippen molar-refractivity contribution >= 4 is 29.1 Å². The summed E-state index contributed by atoms with van der Waals surface area (Å²) in [5.74, 6) is 0.0164. The Morgan fingerprint density at radius 1 is 1.03 bits per heavy atom. The third-order valence-corrected chi connectivity index (χ3v) is 7.40. The highest BCUT2D eigenvalue weighted by molar-refractivity contribution is 7.99. The van der Waals surface area contributed by atoms with Gasteiger partial charge in [-0.3, -0.25) is 9.79 Å². The average molecular weight is 461 g/mol. The van der Waals surface area contributed by atoms with Crippen molar-refractivity contribution in [1.82, 2.24) is 5.32 Å². The summed E-state index contributed by atoms with van der Waals surface area (Å²) in [6, 6.07) is 17.3. The van der Waals surface area contributed by atoms with E-state index in [0.29, 0.717) is 18.0 Å². The van der Waals surface area contributed by atoms with E-state index in [-0.39, 0.29) is 17.5 Å². The zero-order valence-corrected chi connectivity index (χ0v) is 19.0. The lowest BCUT2D eigenvalue weighted by Gasteiger charge is -2.24. The van der Waals surface area contributed by atoms with Crippen LogP contribution in [-0.4, -0.2) is 16.7 Å². The topological polar surface area (TPSA) is 61.7 Å². The van der Waals surface area contributed by atoms with Crippen molar-refractivity contribution in [2.75, 3.05) is 0 Å². The zero-order chi connectivity index (χ0) is 22.8. The van der Waals surface area contributed by atoms with E-state index in [4.69, 9.17) is 4.99 Å². The third kappa shape index (κ3) is 4.81. The summed E-state index contributed by atoms with van der Waals surface area (Å²) in [5.41, 5.74) is 3.91. The van der Waals surface area contributed by atoms with E-state index in [0.717, 1.165) is 58.0 Å². The van der Waals surface area contributed by atoms with Crippen LogP contribution in [0, 0.1) is 11.7 Å². The molecule has 2 aliphatic rings. The molecule has 6 heteroatoms. The molecule has 33 heavy (non-hydrogen) atoms. The number of carbonyl (C=O) groups excluding carboxylic acids is 1. The van der Waals surface area contributed by atoms with Gasteiger partial charge in [0.05, 0.1) is 11.4 Å². The fourth-order valence-electron chi connectivity index (χ4n) is 4.57. The normalized spacial score (nSPS) is 15.7. The maximum absolute atomic E-state index is 14.2. The summed E-state index contributed by atoms with van der Waals surface area (Å²) in [5, 5.41) is 12.5. The number of hydrogen-bond acceptors (Lipinski definition) is 4. The first-order valence-corrected chi connectivity index (χ1v) is 12.1. The molecule has 4 nitrogen and oxygen atoms in total. The van der Waals surface area contributed by atoms with Crippen LogP contribution in [-0.2, 0) is 6.54 Å². The lowest BCUT2D eigenvalue weighted by Crippen LogP contribution is -2.22. The van der Waals surface area contributed by atoms with Gasteiger partial charge in [0, 0.05) is 33.4 Å².